The Labute approximate surface area is 157 Å². The summed E-state index contributed by atoms with van der Waals surface area (Å²) in [6.07, 6.45) is 6.56. The maximum atomic E-state index is 12.2. The van der Waals surface area contributed by atoms with Crippen molar-refractivity contribution in [3.63, 3.8) is 0 Å². The van der Waals surface area contributed by atoms with Crippen molar-refractivity contribution in [3.05, 3.63) is 83.4 Å². The van der Waals surface area contributed by atoms with Crippen LogP contribution >= 0.6 is 0 Å². The number of rotatable bonds is 7. The molecular formula is C21H22N2O4. The molecule has 0 aliphatic carbocycles. The van der Waals surface area contributed by atoms with Crippen LogP contribution in [0.3, 0.4) is 0 Å². The van der Waals surface area contributed by atoms with Crippen LogP contribution in [-0.4, -0.2) is 34.3 Å². The number of hydrogen-bond acceptors (Lipinski definition) is 4. The summed E-state index contributed by atoms with van der Waals surface area (Å²) in [5, 5.41) is 20.6. The number of hydroxylamine groups is 1. The summed E-state index contributed by atoms with van der Waals surface area (Å²) < 4.78 is 0. The maximum Gasteiger partial charge on any atom is 0.268 e. The Balaban J connectivity index is 1.97. The fourth-order valence-electron chi connectivity index (χ4n) is 2.34. The molecule has 0 saturated heterocycles. The summed E-state index contributed by atoms with van der Waals surface area (Å²) in [5.41, 5.74) is 3.77. The van der Waals surface area contributed by atoms with E-state index in [1.807, 2.05) is 54.6 Å². The van der Waals surface area contributed by atoms with Crippen LogP contribution in [0.1, 0.15) is 28.4 Å². The highest BCUT2D eigenvalue weighted by molar-refractivity contribution is 5.97. The number of carbonyl (C=O) groups excluding carboxylic acids is 2. The van der Waals surface area contributed by atoms with Gasteiger partial charge in [0, 0.05) is 5.56 Å². The van der Waals surface area contributed by atoms with Crippen molar-refractivity contribution < 1.29 is 19.9 Å². The van der Waals surface area contributed by atoms with E-state index in [0.717, 1.165) is 11.1 Å². The first-order chi connectivity index (χ1) is 13.0. The minimum absolute atomic E-state index is 0.336. The predicted molar refractivity (Wildman–Crippen MR) is 104 cm³/mol. The molecule has 2 aromatic carbocycles. The average molecular weight is 366 g/mol. The van der Waals surface area contributed by atoms with Crippen LogP contribution in [0.4, 0.5) is 0 Å². The van der Waals surface area contributed by atoms with Crippen LogP contribution in [0.15, 0.2) is 66.7 Å². The molecule has 0 aromatic heterocycles. The van der Waals surface area contributed by atoms with E-state index in [1.165, 1.54) is 12.4 Å². The molecule has 0 aliphatic heterocycles. The van der Waals surface area contributed by atoms with E-state index in [2.05, 4.69) is 5.32 Å². The lowest BCUT2D eigenvalue weighted by Gasteiger charge is -2.19. The number of hydrogen-bond donors (Lipinski definition) is 4. The molecule has 0 unspecified atom stereocenters. The molecule has 0 aliphatic rings. The molecule has 0 fully saturated rings. The Hall–Kier alpha value is -3.22. The topological polar surface area (TPSA) is 98.7 Å². The third kappa shape index (κ3) is 6.22. The lowest BCUT2D eigenvalue weighted by Crippen LogP contribution is -2.51. The number of amides is 2. The molecule has 6 heteroatoms. The van der Waals surface area contributed by atoms with Crippen molar-refractivity contribution in [2.24, 2.45) is 0 Å². The second kappa shape index (κ2) is 10.1. The molecule has 4 N–H and O–H groups in total. The highest BCUT2D eigenvalue weighted by atomic mass is 16.5. The molecule has 27 heavy (non-hydrogen) atoms. The Morgan fingerprint density at radius 2 is 1.48 bits per heavy atom. The summed E-state index contributed by atoms with van der Waals surface area (Å²) in [6.45, 7) is 1.34. The van der Waals surface area contributed by atoms with Gasteiger partial charge in [-0.15, -0.1) is 0 Å². The summed E-state index contributed by atoms with van der Waals surface area (Å²) in [4.78, 5) is 23.7. The first-order valence-electron chi connectivity index (χ1n) is 8.44. The van der Waals surface area contributed by atoms with Crippen molar-refractivity contribution >= 4 is 24.0 Å². The van der Waals surface area contributed by atoms with E-state index in [9.17, 15) is 14.7 Å². The van der Waals surface area contributed by atoms with Crippen molar-refractivity contribution in [2.45, 2.75) is 19.1 Å². The molecule has 0 saturated carbocycles. The van der Waals surface area contributed by atoms with Gasteiger partial charge in [0.15, 0.2) is 0 Å². The van der Waals surface area contributed by atoms with E-state index >= 15 is 0 Å². The minimum Gasteiger partial charge on any atom is -0.391 e. The van der Waals surface area contributed by atoms with Gasteiger partial charge in [0.1, 0.15) is 6.04 Å². The van der Waals surface area contributed by atoms with E-state index < -0.39 is 24.0 Å². The third-order valence-corrected chi connectivity index (χ3v) is 3.82. The SMILES string of the molecule is C[C@@H](O)[C@H](NC(=O)c1ccc(C=CC=Cc2ccccc2)cc1)C(=O)NO. The molecular weight excluding hydrogens is 344 g/mol. The van der Waals surface area contributed by atoms with Gasteiger partial charge in [-0.25, -0.2) is 5.48 Å². The third-order valence-electron chi connectivity index (χ3n) is 3.82. The van der Waals surface area contributed by atoms with Crippen molar-refractivity contribution in [1.29, 1.82) is 0 Å². The van der Waals surface area contributed by atoms with Gasteiger partial charge in [-0.1, -0.05) is 66.8 Å². The average Bonchev–Trinajstić information content (AvgIpc) is 2.69. The molecule has 2 rings (SSSR count). The van der Waals surface area contributed by atoms with Gasteiger partial charge in [0.05, 0.1) is 6.10 Å². The monoisotopic (exact) mass is 366 g/mol. The fourth-order valence-corrected chi connectivity index (χ4v) is 2.34. The highest BCUT2D eigenvalue weighted by Gasteiger charge is 2.25. The maximum absolute atomic E-state index is 12.2. The zero-order valence-corrected chi connectivity index (χ0v) is 14.9. The van der Waals surface area contributed by atoms with Crippen LogP contribution in [-0.2, 0) is 4.79 Å². The molecule has 0 radical (unpaired) electrons. The van der Waals surface area contributed by atoms with E-state index in [1.54, 1.807) is 24.3 Å². The summed E-state index contributed by atoms with van der Waals surface area (Å²) in [7, 11) is 0. The van der Waals surface area contributed by atoms with Gasteiger partial charge in [0.2, 0.25) is 0 Å². The van der Waals surface area contributed by atoms with Gasteiger partial charge in [-0.2, -0.15) is 0 Å². The molecule has 0 bridgehead atoms. The summed E-state index contributed by atoms with van der Waals surface area (Å²) in [5.74, 6) is -1.41. The second-order valence-electron chi connectivity index (χ2n) is 5.92. The molecule has 140 valence electrons. The normalized spacial score (nSPS) is 13.4. The number of benzene rings is 2. The number of aliphatic hydroxyl groups excluding tert-OH is 1. The van der Waals surface area contributed by atoms with Crippen LogP contribution in [0, 0.1) is 0 Å². The van der Waals surface area contributed by atoms with Gasteiger partial charge < -0.3 is 10.4 Å². The van der Waals surface area contributed by atoms with Gasteiger partial charge in [0.25, 0.3) is 11.8 Å². The fraction of sp³-hybridized carbons (Fsp3) is 0.143. The van der Waals surface area contributed by atoms with Crippen LogP contribution in [0.5, 0.6) is 0 Å². The van der Waals surface area contributed by atoms with Crippen molar-refractivity contribution in [2.75, 3.05) is 0 Å². The van der Waals surface area contributed by atoms with Gasteiger partial charge in [-0.05, 0) is 30.2 Å². The quantitative estimate of drug-likeness (QED) is 0.344. The Morgan fingerprint density at radius 3 is 2.00 bits per heavy atom. The zero-order valence-electron chi connectivity index (χ0n) is 14.9. The Morgan fingerprint density at radius 1 is 0.926 bits per heavy atom. The predicted octanol–water partition coefficient (Wildman–Crippen LogP) is 2.40. The lowest BCUT2D eigenvalue weighted by atomic mass is 10.1. The van der Waals surface area contributed by atoms with E-state index in [-0.39, 0.29) is 0 Å². The molecule has 2 atom stereocenters. The summed E-state index contributed by atoms with van der Waals surface area (Å²) >= 11 is 0. The Bertz CT molecular complexity index is 812. The molecule has 6 nitrogen and oxygen atoms in total. The lowest BCUT2D eigenvalue weighted by molar-refractivity contribution is -0.133. The Kier molecular flexibility index (Phi) is 7.49. The number of aliphatic hydroxyl groups is 1. The zero-order chi connectivity index (χ0) is 19.6. The first kappa shape index (κ1) is 20.1. The van der Waals surface area contributed by atoms with Gasteiger partial charge in [-0.3, -0.25) is 14.8 Å². The van der Waals surface area contributed by atoms with Crippen LogP contribution in [0.2, 0.25) is 0 Å². The number of nitrogens with one attached hydrogen (secondary N) is 2. The first-order valence-corrected chi connectivity index (χ1v) is 8.44. The standard InChI is InChI=1S/C21H22N2O4/c1-15(24)19(21(26)23-27)22-20(25)18-13-11-17(12-14-18)10-6-5-9-16-7-3-2-4-8-16/h2-15,19,24,27H,1H3,(H,22,25)(H,23,26)/t15-,19+/m1/s1. The highest BCUT2D eigenvalue weighted by Crippen LogP contribution is 2.08. The second-order valence-corrected chi connectivity index (χ2v) is 5.92. The molecule has 0 heterocycles. The van der Waals surface area contributed by atoms with Crippen LogP contribution in [0.25, 0.3) is 12.2 Å². The van der Waals surface area contributed by atoms with E-state index in [0.29, 0.717) is 5.56 Å². The molecule has 0 spiro atoms. The largest absolute Gasteiger partial charge is 0.391 e. The number of allylic oxidation sites excluding steroid dienone is 2. The van der Waals surface area contributed by atoms with Gasteiger partial charge >= 0.3 is 0 Å². The van der Waals surface area contributed by atoms with Crippen molar-refractivity contribution in [1.82, 2.24) is 10.8 Å². The molecule has 2 amide bonds. The van der Waals surface area contributed by atoms with E-state index in [4.69, 9.17) is 5.21 Å². The smallest absolute Gasteiger partial charge is 0.268 e. The molecule has 2 aromatic rings. The van der Waals surface area contributed by atoms with Crippen LogP contribution < -0.4 is 10.8 Å². The minimum atomic E-state index is -1.25. The number of carbonyl (C=O) groups is 2. The van der Waals surface area contributed by atoms with Crippen molar-refractivity contribution in [3.8, 4) is 0 Å². The summed E-state index contributed by atoms with van der Waals surface area (Å²) in [6, 6.07) is 15.5.